The molecule has 13 heavy (non-hydrogen) atoms. The minimum atomic E-state index is -0.0137. The summed E-state index contributed by atoms with van der Waals surface area (Å²) in [6, 6.07) is 9.84. The van der Waals surface area contributed by atoms with Crippen molar-refractivity contribution in [2.24, 2.45) is 0 Å². The second-order valence-corrected chi connectivity index (χ2v) is 3.06. The van der Waals surface area contributed by atoms with Crippen LogP contribution in [0.5, 0.6) is 0 Å². The Labute approximate surface area is 79.1 Å². The molecule has 0 amide bonds. The molecule has 1 aromatic carbocycles. The zero-order valence-corrected chi connectivity index (χ0v) is 7.85. The van der Waals surface area contributed by atoms with E-state index in [0.29, 0.717) is 6.54 Å². The highest BCUT2D eigenvalue weighted by atomic mass is 16.5. The summed E-state index contributed by atoms with van der Waals surface area (Å²) in [6.45, 7) is 6.06. The number of hydroxylamine groups is 2. The summed E-state index contributed by atoms with van der Waals surface area (Å²) < 4.78 is 0. The fraction of sp³-hybridized carbons (Fsp3) is 0.273. The Kier molecular flexibility index (Phi) is 3.68. The molecule has 0 saturated heterocycles. The van der Waals surface area contributed by atoms with Crippen LogP contribution in [0.1, 0.15) is 12.5 Å². The van der Waals surface area contributed by atoms with Crippen LogP contribution < -0.4 is 0 Å². The average Bonchev–Trinajstić information content (AvgIpc) is 2.18. The van der Waals surface area contributed by atoms with E-state index in [9.17, 15) is 5.21 Å². The lowest BCUT2D eigenvalue weighted by atomic mass is 10.2. The molecule has 0 bridgehead atoms. The van der Waals surface area contributed by atoms with E-state index in [1.807, 2.05) is 37.3 Å². The molecule has 0 heterocycles. The maximum atomic E-state index is 9.53. The molecule has 1 rings (SSSR count). The Morgan fingerprint density at radius 3 is 2.62 bits per heavy atom. The first-order valence-electron chi connectivity index (χ1n) is 4.36. The standard InChI is InChI=1S/C11H15NO/c1-3-10(2)12(13)9-11-7-5-4-6-8-11/h3-8,10,13H,1,9H2,2H3/t10-/m1/s1. The van der Waals surface area contributed by atoms with Gasteiger partial charge in [-0.05, 0) is 12.5 Å². The normalized spacial score (nSPS) is 12.8. The molecule has 0 aliphatic heterocycles. The second-order valence-electron chi connectivity index (χ2n) is 3.06. The summed E-state index contributed by atoms with van der Waals surface area (Å²) >= 11 is 0. The molecular formula is C11H15NO. The van der Waals surface area contributed by atoms with Crippen molar-refractivity contribution in [1.29, 1.82) is 0 Å². The van der Waals surface area contributed by atoms with Crippen molar-refractivity contribution in [3.63, 3.8) is 0 Å². The molecule has 0 radical (unpaired) electrons. The molecule has 0 aliphatic rings. The fourth-order valence-electron chi connectivity index (χ4n) is 1.04. The van der Waals surface area contributed by atoms with Crippen molar-refractivity contribution in [3.05, 3.63) is 48.6 Å². The molecule has 0 aliphatic carbocycles. The molecule has 70 valence electrons. The van der Waals surface area contributed by atoms with Crippen LogP contribution in [0.4, 0.5) is 0 Å². The molecule has 2 heteroatoms. The Morgan fingerprint density at radius 1 is 1.46 bits per heavy atom. The zero-order valence-electron chi connectivity index (χ0n) is 7.85. The molecule has 0 aromatic heterocycles. The van der Waals surface area contributed by atoms with Gasteiger partial charge in [0.2, 0.25) is 0 Å². The van der Waals surface area contributed by atoms with Crippen LogP contribution in [-0.4, -0.2) is 16.3 Å². The van der Waals surface area contributed by atoms with Gasteiger partial charge in [-0.3, -0.25) is 0 Å². The van der Waals surface area contributed by atoms with Crippen molar-refractivity contribution in [2.45, 2.75) is 19.5 Å². The topological polar surface area (TPSA) is 23.5 Å². The first-order chi connectivity index (χ1) is 6.24. The van der Waals surface area contributed by atoms with Gasteiger partial charge >= 0.3 is 0 Å². The third-order valence-electron chi connectivity index (χ3n) is 2.00. The zero-order chi connectivity index (χ0) is 9.68. The lowest BCUT2D eigenvalue weighted by molar-refractivity contribution is -0.117. The monoisotopic (exact) mass is 177 g/mol. The predicted molar refractivity (Wildman–Crippen MR) is 53.4 cm³/mol. The van der Waals surface area contributed by atoms with E-state index in [1.54, 1.807) is 6.08 Å². The van der Waals surface area contributed by atoms with Crippen molar-refractivity contribution < 1.29 is 5.21 Å². The van der Waals surface area contributed by atoms with Crippen LogP contribution in [0.25, 0.3) is 0 Å². The van der Waals surface area contributed by atoms with Gasteiger partial charge in [0.25, 0.3) is 0 Å². The van der Waals surface area contributed by atoms with Gasteiger partial charge in [-0.1, -0.05) is 36.4 Å². The average molecular weight is 177 g/mol. The summed E-state index contributed by atoms with van der Waals surface area (Å²) in [5, 5.41) is 10.8. The van der Waals surface area contributed by atoms with Crippen LogP contribution in [0, 0.1) is 0 Å². The fourth-order valence-corrected chi connectivity index (χ4v) is 1.04. The third-order valence-corrected chi connectivity index (χ3v) is 2.00. The minimum absolute atomic E-state index is 0.0137. The summed E-state index contributed by atoms with van der Waals surface area (Å²) in [7, 11) is 0. The van der Waals surface area contributed by atoms with Crippen LogP contribution in [-0.2, 0) is 6.54 Å². The highest BCUT2D eigenvalue weighted by Gasteiger charge is 2.06. The lowest BCUT2D eigenvalue weighted by Crippen LogP contribution is -2.27. The molecule has 1 aromatic rings. The Hall–Kier alpha value is -1.12. The third kappa shape index (κ3) is 3.01. The molecule has 0 spiro atoms. The highest BCUT2D eigenvalue weighted by molar-refractivity contribution is 5.14. The van der Waals surface area contributed by atoms with E-state index >= 15 is 0 Å². The maximum Gasteiger partial charge on any atom is 0.0503 e. The Morgan fingerprint density at radius 2 is 2.08 bits per heavy atom. The molecule has 2 nitrogen and oxygen atoms in total. The van der Waals surface area contributed by atoms with Gasteiger partial charge in [0, 0.05) is 6.54 Å². The maximum absolute atomic E-state index is 9.53. The smallest absolute Gasteiger partial charge is 0.0503 e. The molecular weight excluding hydrogens is 162 g/mol. The van der Waals surface area contributed by atoms with Gasteiger partial charge < -0.3 is 5.21 Å². The largest absolute Gasteiger partial charge is 0.313 e. The Bertz CT molecular complexity index is 258. The van der Waals surface area contributed by atoms with Gasteiger partial charge in [0.15, 0.2) is 0 Å². The summed E-state index contributed by atoms with van der Waals surface area (Å²) in [5.41, 5.74) is 1.10. The van der Waals surface area contributed by atoms with Crippen molar-refractivity contribution in [1.82, 2.24) is 5.06 Å². The van der Waals surface area contributed by atoms with Gasteiger partial charge in [0.1, 0.15) is 0 Å². The summed E-state index contributed by atoms with van der Waals surface area (Å²) in [6.07, 6.45) is 1.71. The summed E-state index contributed by atoms with van der Waals surface area (Å²) in [5.74, 6) is 0. The van der Waals surface area contributed by atoms with Crippen LogP contribution in [0.15, 0.2) is 43.0 Å². The SMILES string of the molecule is C=C[C@@H](C)N(O)Cc1ccccc1. The highest BCUT2D eigenvalue weighted by Crippen LogP contribution is 2.05. The van der Waals surface area contributed by atoms with Crippen LogP contribution in [0.3, 0.4) is 0 Å². The lowest BCUT2D eigenvalue weighted by Gasteiger charge is -2.19. The van der Waals surface area contributed by atoms with Gasteiger partial charge in [-0.2, -0.15) is 5.06 Å². The van der Waals surface area contributed by atoms with Crippen LogP contribution in [0.2, 0.25) is 0 Å². The number of nitrogens with zero attached hydrogens (tertiary/aromatic N) is 1. The van der Waals surface area contributed by atoms with E-state index in [4.69, 9.17) is 0 Å². The molecule has 0 fully saturated rings. The number of benzene rings is 1. The summed E-state index contributed by atoms with van der Waals surface area (Å²) in [4.78, 5) is 0. The second kappa shape index (κ2) is 4.80. The van der Waals surface area contributed by atoms with Crippen molar-refractivity contribution in [3.8, 4) is 0 Å². The molecule has 1 N–H and O–H groups in total. The van der Waals surface area contributed by atoms with Gasteiger partial charge in [-0.15, -0.1) is 6.58 Å². The van der Waals surface area contributed by atoms with Crippen molar-refractivity contribution in [2.75, 3.05) is 0 Å². The van der Waals surface area contributed by atoms with E-state index in [0.717, 1.165) is 5.56 Å². The van der Waals surface area contributed by atoms with Gasteiger partial charge in [0.05, 0.1) is 6.04 Å². The van der Waals surface area contributed by atoms with Gasteiger partial charge in [-0.25, -0.2) is 0 Å². The Balaban J connectivity index is 2.54. The number of hydrogen-bond acceptors (Lipinski definition) is 2. The van der Waals surface area contributed by atoms with Crippen LogP contribution >= 0.6 is 0 Å². The quantitative estimate of drug-likeness (QED) is 0.564. The first kappa shape index (κ1) is 9.96. The predicted octanol–water partition coefficient (Wildman–Crippen LogP) is 2.45. The van der Waals surface area contributed by atoms with E-state index in [2.05, 4.69) is 6.58 Å². The molecule has 0 unspecified atom stereocenters. The molecule has 0 saturated carbocycles. The van der Waals surface area contributed by atoms with E-state index in [1.165, 1.54) is 5.06 Å². The first-order valence-corrected chi connectivity index (χ1v) is 4.36. The van der Waals surface area contributed by atoms with Crippen molar-refractivity contribution >= 4 is 0 Å². The molecule has 1 atom stereocenters. The number of hydrogen-bond donors (Lipinski definition) is 1. The number of rotatable bonds is 4. The van der Waals surface area contributed by atoms with E-state index in [-0.39, 0.29) is 6.04 Å². The minimum Gasteiger partial charge on any atom is -0.313 e. The van der Waals surface area contributed by atoms with E-state index < -0.39 is 0 Å².